The minimum Gasteiger partial charge on any atom is -0.356 e. The summed E-state index contributed by atoms with van der Waals surface area (Å²) in [5.74, 6) is 3.08. The van der Waals surface area contributed by atoms with Crippen LogP contribution in [0.3, 0.4) is 0 Å². The van der Waals surface area contributed by atoms with Gasteiger partial charge in [0, 0.05) is 31.9 Å². The first-order chi connectivity index (χ1) is 9.87. The fourth-order valence-corrected chi connectivity index (χ4v) is 2.78. The lowest BCUT2D eigenvalue weighted by molar-refractivity contribution is 0.665. The number of pyridine rings is 1. The third-order valence-corrected chi connectivity index (χ3v) is 4.66. The molecule has 0 bridgehead atoms. The second kappa shape index (κ2) is 5.36. The maximum Gasteiger partial charge on any atom is 0.128 e. The average Bonchev–Trinajstić information content (AvgIpc) is 3.31. The molecule has 0 unspecified atom stereocenters. The van der Waals surface area contributed by atoms with Crippen LogP contribution in [0, 0.1) is 11.8 Å². The Kier molecular flexibility index (Phi) is 3.39. The summed E-state index contributed by atoms with van der Waals surface area (Å²) in [7, 11) is 0. The minimum atomic E-state index is 0.778. The monoisotopic (exact) mass is 271 g/mol. The standard InChI is InChI=1S/C17H25N3/c1-2-13(1)11-20(12-14-3-4-14)17-9-15(7-8-18-17)10-19-16-5-6-16/h7-9,13-14,16,19H,1-6,10-12H2. The van der Waals surface area contributed by atoms with Gasteiger partial charge in [-0.3, -0.25) is 0 Å². The normalized spacial score (nSPS) is 22.0. The molecule has 3 aliphatic carbocycles. The van der Waals surface area contributed by atoms with Gasteiger partial charge >= 0.3 is 0 Å². The van der Waals surface area contributed by atoms with Crippen LogP contribution in [0.5, 0.6) is 0 Å². The molecule has 108 valence electrons. The van der Waals surface area contributed by atoms with Gasteiger partial charge in [0.25, 0.3) is 0 Å². The molecule has 0 aromatic carbocycles. The van der Waals surface area contributed by atoms with E-state index in [2.05, 4.69) is 27.3 Å². The molecule has 0 aliphatic heterocycles. The number of nitrogens with one attached hydrogen (secondary N) is 1. The van der Waals surface area contributed by atoms with Crippen LogP contribution >= 0.6 is 0 Å². The van der Waals surface area contributed by atoms with E-state index in [1.54, 1.807) is 0 Å². The number of hydrogen-bond acceptors (Lipinski definition) is 3. The van der Waals surface area contributed by atoms with Crippen LogP contribution in [-0.2, 0) is 6.54 Å². The molecule has 3 fully saturated rings. The van der Waals surface area contributed by atoms with E-state index in [1.165, 1.54) is 63.0 Å². The predicted octanol–water partition coefficient (Wildman–Crippen LogP) is 2.96. The summed E-state index contributed by atoms with van der Waals surface area (Å²) in [6.07, 6.45) is 10.4. The fourth-order valence-electron chi connectivity index (χ4n) is 2.78. The van der Waals surface area contributed by atoms with Crippen LogP contribution in [0.15, 0.2) is 18.3 Å². The van der Waals surface area contributed by atoms with Crippen molar-refractivity contribution in [2.75, 3.05) is 18.0 Å². The number of aromatic nitrogens is 1. The SMILES string of the molecule is c1cc(CNC2CC2)cc(N(CC2CC2)CC2CC2)n1. The number of nitrogens with zero attached hydrogens (tertiary/aromatic N) is 2. The second-order valence-corrected chi connectivity index (χ2v) is 6.97. The number of hydrogen-bond donors (Lipinski definition) is 1. The molecule has 1 heterocycles. The van der Waals surface area contributed by atoms with E-state index >= 15 is 0 Å². The summed E-state index contributed by atoms with van der Waals surface area (Å²) in [6.45, 7) is 3.45. The van der Waals surface area contributed by atoms with Gasteiger partial charge in [-0.2, -0.15) is 0 Å². The molecule has 0 amide bonds. The number of anilines is 1. The molecule has 3 nitrogen and oxygen atoms in total. The molecule has 20 heavy (non-hydrogen) atoms. The van der Waals surface area contributed by atoms with E-state index in [1.807, 2.05) is 6.20 Å². The van der Waals surface area contributed by atoms with Crippen LogP contribution in [-0.4, -0.2) is 24.1 Å². The van der Waals surface area contributed by atoms with Crippen molar-refractivity contribution in [2.45, 2.75) is 51.1 Å². The maximum atomic E-state index is 4.64. The lowest BCUT2D eigenvalue weighted by atomic mass is 10.2. The van der Waals surface area contributed by atoms with Gasteiger partial charge in [-0.05, 0) is 68.1 Å². The highest BCUT2D eigenvalue weighted by molar-refractivity contribution is 5.41. The van der Waals surface area contributed by atoms with Crippen molar-refractivity contribution in [3.63, 3.8) is 0 Å². The smallest absolute Gasteiger partial charge is 0.128 e. The largest absolute Gasteiger partial charge is 0.356 e. The summed E-state index contributed by atoms with van der Waals surface area (Å²) in [6, 6.07) is 5.24. The van der Waals surface area contributed by atoms with Gasteiger partial charge < -0.3 is 10.2 Å². The summed E-state index contributed by atoms with van der Waals surface area (Å²) in [4.78, 5) is 7.19. The lowest BCUT2D eigenvalue weighted by Crippen LogP contribution is -2.29. The third-order valence-electron chi connectivity index (χ3n) is 4.66. The maximum absolute atomic E-state index is 4.64. The Morgan fingerprint density at radius 3 is 2.35 bits per heavy atom. The Labute approximate surface area is 121 Å². The summed E-state index contributed by atoms with van der Waals surface area (Å²) in [5, 5.41) is 3.60. The molecular weight excluding hydrogens is 246 g/mol. The van der Waals surface area contributed by atoms with Gasteiger partial charge in [0.2, 0.25) is 0 Å². The van der Waals surface area contributed by atoms with Gasteiger partial charge in [0.1, 0.15) is 5.82 Å². The minimum absolute atomic E-state index is 0.778. The molecule has 1 aromatic heterocycles. The first-order valence-electron chi connectivity index (χ1n) is 8.30. The number of rotatable bonds is 8. The first kappa shape index (κ1) is 12.6. The van der Waals surface area contributed by atoms with Gasteiger partial charge in [-0.25, -0.2) is 4.98 Å². The molecule has 0 spiro atoms. The summed E-state index contributed by atoms with van der Waals surface area (Å²) < 4.78 is 0. The van der Waals surface area contributed by atoms with Crippen molar-refractivity contribution < 1.29 is 0 Å². The van der Waals surface area contributed by atoms with Gasteiger partial charge in [-0.1, -0.05) is 0 Å². The second-order valence-electron chi connectivity index (χ2n) is 6.97. The Morgan fingerprint density at radius 1 is 1.05 bits per heavy atom. The van der Waals surface area contributed by atoms with E-state index in [0.29, 0.717) is 0 Å². The molecular formula is C17H25N3. The lowest BCUT2D eigenvalue weighted by Gasteiger charge is -2.24. The molecule has 4 rings (SSSR count). The van der Waals surface area contributed by atoms with Gasteiger partial charge in [0.15, 0.2) is 0 Å². The molecule has 0 saturated heterocycles. The summed E-state index contributed by atoms with van der Waals surface area (Å²) >= 11 is 0. The van der Waals surface area contributed by atoms with Crippen molar-refractivity contribution >= 4 is 5.82 Å². The van der Waals surface area contributed by atoms with Crippen molar-refractivity contribution in [3.8, 4) is 0 Å². The zero-order chi connectivity index (χ0) is 13.4. The van der Waals surface area contributed by atoms with Gasteiger partial charge in [-0.15, -0.1) is 0 Å². The predicted molar refractivity (Wildman–Crippen MR) is 81.8 cm³/mol. The molecule has 1 aromatic rings. The Hall–Kier alpha value is -1.09. The highest BCUT2D eigenvalue weighted by Crippen LogP contribution is 2.35. The van der Waals surface area contributed by atoms with Crippen molar-refractivity contribution in [1.29, 1.82) is 0 Å². The zero-order valence-corrected chi connectivity index (χ0v) is 12.2. The Balaban J connectivity index is 1.43. The topological polar surface area (TPSA) is 28.2 Å². The highest BCUT2D eigenvalue weighted by atomic mass is 15.2. The van der Waals surface area contributed by atoms with Crippen molar-refractivity contribution in [3.05, 3.63) is 23.9 Å². The molecule has 3 saturated carbocycles. The van der Waals surface area contributed by atoms with E-state index in [0.717, 1.165) is 24.4 Å². The molecule has 3 heteroatoms. The Bertz CT molecular complexity index is 447. The molecule has 1 N–H and O–H groups in total. The molecule has 0 atom stereocenters. The molecule has 0 radical (unpaired) electrons. The van der Waals surface area contributed by atoms with Crippen molar-refractivity contribution in [1.82, 2.24) is 10.3 Å². The summed E-state index contributed by atoms with van der Waals surface area (Å²) in [5.41, 5.74) is 1.39. The molecule has 3 aliphatic rings. The average molecular weight is 271 g/mol. The van der Waals surface area contributed by atoms with Crippen molar-refractivity contribution in [2.24, 2.45) is 11.8 Å². The third kappa shape index (κ3) is 3.51. The van der Waals surface area contributed by atoms with Crippen LogP contribution in [0.1, 0.15) is 44.1 Å². The van der Waals surface area contributed by atoms with E-state index in [4.69, 9.17) is 0 Å². The van der Waals surface area contributed by atoms with E-state index < -0.39 is 0 Å². The highest BCUT2D eigenvalue weighted by Gasteiger charge is 2.29. The fraction of sp³-hybridized carbons (Fsp3) is 0.706. The Morgan fingerprint density at radius 2 is 1.75 bits per heavy atom. The van der Waals surface area contributed by atoms with Crippen LogP contribution in [0.2, 0.25) is 0 Å². The van der Waals surface area contributed by atoms with Gasteiger partial charge in [0.05, 0.1) is 0 Å². The van der Waals surface area contributed by atoms with E-state index in [-0.39, 0.29) is 0 Å². The van der Waals surface area contributed by atoms with Crippen LogP contribution in [0.4, 0.5) is 5.82 Å². The zero-order valence-electron chi connectivity index (χ0n) is 12.2. The first-order valence-corrected chi connectivity index (χ1v) is 8.30. The van der Waals surface area contributed by atoms with E-state index in [9.17, 15) is 0 Å². The quantitative estimate of drug-likeness (QED) is 0.788. The van der Waals surface area contributed by atoms with Crippen LogP contribution < -0.4 is 10.2 Å². The van der Waals surface area contributed by atoms with Crippen LogP contribution in [0.25, 0.3) is 0 Å².